The van der Waals surface area contributed by atoms with Crippen LogP contribution < -0.4 is 0 Å². The summed E-state index contributed by atoms with van der Waals surface area (Å²) in [7, 11) is 0. The highest BCUT2D eigenvalue weighted by Gasteiger charge is 2.27. The number of aryl methyl sites for hydroxylation is 1. The Morgan fingerprint density at radius 1 is 1.19 bits per heavy atom. The van der Waals surface area contributed by atoms with Crippen LogP contribution in [-0.2, 0) is 17.9 Å². The average molecular weight is 364 g/mol. The Labute approximate surface area is 158 Å². The molecule has 140 valence electrons. The SMILES string of the molecule is Cc1ccn(CC(=O)N2CCCC(c3nccn3Cc3ccccn3)C2)n1. The van der Waals surface area contributed by atoms with Gasteiger partial charge in [0.1, 0.15) is 12.4 Å². The van der Waals surface area contributed by atoms with E-state index >= 15 is 0 Å². The zero-order chi connectivity index (χ0) is 18.6. The number of hydrogen-bond acceptors (Lipinski definition) is 4. The molecule has 1 atom stereocenters. The summed E-state index contributed by atoms with van der Waals surface area (Å²) in [6.07, 6.45) is 9.54. The van der Waals surface area contributed by atoms with Gasteiger partial charge in [-0.1, -0.05) is 6.07 Å². The number of likely N-dealkylation sites (tertiary alicyclic amines) is 1. The number of amides is 1. The van der Waals surface area contributed by atoms with Crippen molar-refractivity contribution in [1.82, 2.24) is 29.2 Å². The number of rotatable bonds is 5. The molecule has 1 aliphatic rings. The molecule has 4 heterocycles. The first-order chi connectivity index (χ1) is 13.2. The average Bonchev–Trinajstić information content (AvgIpc) is 3.31. The van der Waals surface area contributed by atoms with Gasteiger partial charge in [-0.15, -0.1) is 0 Å². The normalized spacial score (nSPS) is 17.2. The number of carbonyl (C=O) groups is 1. The third kappa shape index (κ3) is 4.07. The van der Waals surface area contributed by atoms with Crippen molar-refractivity contribution in [3.63, 3.8) is 0 Å². The van der Waals surface area contributed by atoms with Gasteiger partial charge in [-0.05, 0) is 38.0 Å². The maximum atomic E-state index is 12.7. The Bertz CT molecular complexity index is 900. The van der Waals surface area contributed by atoms with E-state index in [4.69, 9.17) is 0 Å². The van der Waals surface area contributed by atoms with Gasteiger partial charge in [-0.3, -0.25) is 14.5 Å². The van der Waals surface area contributed by atoms with Gasteiger partial charge in [-0.2, -0.15) is 5.10 Å². The molecule has 0 radical (unpaired) electrons. The Kier molecular flexibility index (Phi) is 5.00. The molecule has 0 saturated carbocycles. The lowest BCUT2D eigenvalue weighted by atomic mass is 9.97. The van der Waals surface area contributed by atoms with Crippen LogP contribution >= 0.6 is 0 Å². The number of piperidine rings is 1. The van der Waals surface area contributed by atoms with Gasteiger partial charge in [0.2, 0.25) is 5.91 Å². The van der Waals surface area contributed by atoms with E-state index in [9.17, 15) is 4.79 Å². The van der Waals surface area contributed by atoms with Crippen molar-refractivity contribution in [2.45, 2.75) is 38.8 Å². The lowest BCUT2D eigenvalue weighted by Crippen LogP contribution is -2.41. The summed E-state index contributed by atoms with van der Waals surface area (Å²) in [5.41, 5.74) is 1.94. The van der Waals surface area contributed by atoms with E-state index in [0.29, 0.717) is 19.6 Å². The molecule has 1 fully saturated rings. The fourth-order valence-electron chi connectivity index (χ4n) is 3.68. The van der Waals surface area contributed by atoms with Gasteiger partial charge in [0.25, 0.3) is 0 Å². The smallest absolute Gasteiger partial charge is 0.244 e. The van der Waals surface area contributed by atoms with Crippen LogP contribution in [0.5, 0.6) is 0 Å². The maximum absolute atomic E-state index is 12.7. The van der Waals surface area contributed by atoms with Gasteiger partial charge >= 0.3 is 0 Å². The molecule has 1 unspecified atom stereocenters. The molecular formula is C20H24N6O. The standard InChI is InChI=1S/C20H24N6O/c1-16-7-11-26(23-16)15-19(27)24-10-4-5-17(13-24)20-22-9-12-25(20)14-18-6-2-3-8-21-18/h2-3,6-9,11-12,17H,4-5,10,13-15H2,1H3. The summed E-state index contributed by atoms with van der Waals surface area (Å²) in [5.74, 6) is 1.40. The van der Waals surface area contributed by atoms with Crippen LogP contribution in [-0.4, -0.2) is 48.2 Å². The highest BCUT2D eigenvalue weighted by Crippen LogP contribution is 2.26. The number of carbonyl (C=O) groups excluding carboxylic acids is 1. The van der Waals surface area contributed by atoms with Crippen molar-refractivity contribution in [3.05, 3.63) is 66.3 Å². The fraction of sp³-hybridized carbons (Fsp3) is 0.400. The number of aromatic nitrogens is 5. The van der Waals surface area contributed by atoms with Gasteiger partial charge in [0.05, 0.1) is 17.9 Å². The molecule has 4 rings (SSSR count). The molecule has 0 aliphatic carbocycles. The predicted molar refractivity (Wildman–Crippen MR) is 101 cm³/mol. The Morgan fingerprint density at radius 2 is 2.11 bits per heavy atom. The molecule has 27 heavy (non-hydrogen) atoms. The van der Waals surface area contributed by atoms with Crippen molar-refractivity contribution in [1.29, 1.82) is 0 Å². The van der Waals surface area contributed by atoms with E-state index in [0.717, 1.165) is 36.6 Å². The topological polar surface area (TPSA) is 68.8 Å². The minimum Gasteiger partial charge on any atom is -0.340 e. The zero-order valence-corrected chi connectivity index (χ0v) is 15.5. The molecule has 1 saturated heterocycles. The van der Waals surface area contributed by atoms with E-state index < -0.39 is 0 Å². The summed E-state index contributed by atoms with van der Waals surface area (Å²) in [5, 5.41) is 4.32. The van der Waals surface area contributed by atoms with Crippen molar-refractivity contribution >= 4 is 5.91 Å². The molecule has 3 aromatic rings. The first kappa shape index (κ1) is 17.5. The first-order valence-corrected chi connectivity index (χ1v) is 9.38. The van der Waals surface area contributed by atoms with E-state index in [1.54, 1.807) is 4.68 Å². The fourth-order valence-corrected chi connectivity index (χ4v) is 3.68. The van der Waals surface area contributed by atoms with Crippen LogP contribution in [0.3, 0.4) is 0 Å². The summed E-state index contributed by atoms with van der Waals surface area (Å²) >= 11 is 0. The van der Waals surface area contributed by atoms with Crippen LogP contribution in [0.15, 0.2) is 49.1 Å². The van der Waals surface area contributed by atoms with Crippen molar-refractivity contribution < 1.29 is 4.79 Å². The number of imidazole rings is 1. The van der Waals surface area contributed by atoms with Gasteiger partial charge in [0, 0.05) is 43.8 Å². The highest BCUT2D eigenvalue weighted by atomic mass is 16.2. The monoisotopic (exact) mass is 364 g/mol. The Hall–Kier alpha value is -2.96. The molecule has 0 N–H and O–H groups in total. The number of hydrogen-bond donors (Lipinski definition) is 0. The molecule has 1 amide bonds. The molecule has 7 nitrogen and oxygen atoms in total. The minimum absolute atomic E-state index is 0.116. The Balaban J connectivity index is 1.44. The second kappa shape index (κ2) is 7.73. The van der Waals surface area contributed by atoms with Crippen LogP contribution in [0.25, 0.3) is 0 Å². The third-order valence-electron chi connectivity index (χ3n) is 5.02. The largest absolute Gasteiger partial charge is 0.340 e. The van der Waals surface area contributed by atoms with Crippen molar-refractivity contribution in [2.75, 3.05) is 13.1 Å². The first-order valence-electron chi connectivity index (χ1n) is 9.38. The summed E-state index contributed by atoms with van der Waals surface area (Å²) in [6.45, 7) is 4.43. The van der Waals surface area contributed by atoms with Gasteiger partial charge in [0.15, 0.2) is 0 Å². The predicted octanol–water partition coefficient (Wildman–Crippen LogP) is 2.24. The van der Waals surface area contributed by atoms with Crippen LogP contribution in [0.4, 0.5) is 0 Å². The van der Waals surface area contributed by atoms with Gasteiger partial charge < -0.3 is 9.47 Å². The summed E-state index contributed by atoms with van der Waals surface area (Å²) < 4.78 is 3.86. The van der Waals surface area contributed by atoms with Crippen LogP contribution in [0, 0.1) is 6.92 Å². The number of pyridine rings is 1. The molecular weight excluding hydrogens is 340 g/mol. The van der Waals surface area contributed by atoms with E-state index in [1.807, 2.05) is 60.9 Å². The molecule has 3 aromatic heterocycles. The maximum Gasteiger partial charge on any atom is 0.244 e. The van der Waals surface area contributed by atoms with Gasteiger partial charge in [-0.25, -0.2) is 4.98 Å². The lowest BCUT2D eigenvalue weighted by Gasteiger charge is -2.32. The zero-order valence-electron chi connectivity index (χ0n) is 15.5. The quantitative estimate of drug-likeness (QED) is 0.696. The van der Waals surface area contributed by atoms with E-state index in [2.05, 4.69) is 19.6 Å². The van der Waals surface area contributed by atoms with Crippen LogP contribution in [0.2, 0.25) is 0 Å². The molecule has 0 aromatic carbocycles. The van der Waals surface area contributed by atoms with Crippen LogP contribution in [0.1, 0.15) is 36.0 Å². The van der Waals surface area contributed by atoms with E-state index in [-0.39, 0.29) is 11.8 Å². The Morgan fingerprint density at radius 3 is 2.89 bits per heavy atom. The third-order valence-corrected chi connectivity index (χ3v) is 5.02. The summed E-state index contributed by atoms with van der Waals surface area (Å²) in [4.78, 5) is 23.7. The van der Waals surface area contributed by atoms with Crippen molar-refractivity contribution in [2.24, 2.45) is 0 Å². The summed E-state index contributed by atoms with van der Waals surface area (Å²) in [6, 6.07) is 7.86. The molecule has 1 aliphatic heterocycles. The number of nitrogens with zero attached hydrogens (tertiary/aromatic N) is 6. The second-order valence-electron chi connectivity index (χ2n) is 7.07. The van der Waals surface area contributed by atoms with Crippen molar-refractivity contribution in [3.8, 4) is 0 Å². The minimum atomic E-state index is 0.116. The molecule has 0 bridgehead atoms. The molecule has 7 heteroatoms. The lowest BCUT2D eigenvalue weighted by molar-refractivity contribution is -0.133. The second-order valence-corrected chi connectivity index (χ2v) is 7.07. The highest BCUT2D eigenvalue weighted by molar-refractivity contribution is 5.76. The molecule has 0 spiro atoms. The van der Waals surface area contributed by atoms with E-state index in [1.165, 1.54) is 0 Å².